The largest absolute Gasteiger partial charge is 0.497 e. The van der Waals surface area contributed by atoms with Crippen LogP contribution in [-0.4, -0.2) is 25.6 Å². The van der Waals surface area contributed by atoms with Crippen LogP contribution >= 0.6 is 0 Å². The van der Waals surface area contributed by atoms with E-state index < -0.39 is 0 Å². The molecular weight excluding hydrogens is 240 g/mol. The van der Waals surface area contributed by atoms with Crippen molar-refractivity contribution in [2.24, 2.45) is 0 Å². The van der Waals surface area contributed by atoms with Crippen LogP contribution in [0, 0.1) is 0 Å². The molecule has 0 aliphatic carbocycles. The van der Waals surface area contributed by atoms with E-state index in [4.69, 9.17) is 14.2 Å². The van der Waals surface area contributed by atoms with Crippen molar-refractivity contribution in [3.05, 3.63) is 29.8 Å². The lowest BCUT2D eigenvalue weighted by Gasteiger charge is -2.16. The lowest BCUT2D eigenvalue weighted by molar-refractivity contribution is -0.139. The summed E-state index contributed by atoms with van der Waals surface area (Å²) in [5, 5.41) is 0. The normalized spacial score (nSPS) is 21.5. The summed E-state index contributed by atoms with van der Waals surface area (Å²) in [4.78, 5) is 0. The minimum Gasteiger partial charge on any atom is -0.497 e. The van der Waals surface area contributed by atoms with Crippen molar-refractivity contribution >= 4 is 0 Å². The molecule has 1 saturated heterocycles. The molecule has 0 aromatic heterocycles. The van der Waals surface area contributed by atoms with Crippen LogP contribution in [0.15, 0.2) is 24.3 Å². The van der Waals surface area contributed by atoms with Gasteiger partial charge >= 0.3 is 0 Å². The Morgan fingerprint density at radius 1 is 1.21 bits per heavy atom. The summed E-state index contributed by atoms with van der Waals surface area (Å²) in [5.74, 6) is 0.531. The van der Waals surface area contributed by atoms with Crippen molar-refractivity contribution < 1.29 is 14.2 Å². The van der Waals surface area contributed by atoms with Crippen molar-refractivity contribution in [3.8, 4) is 5.75 Å². The van der Waals surface area contributed by atoms with Crippen molar-refractivity contribution in [1.29, 1.82) is 0 Å². The van der Waals surface area contributed by atoms with Gasteiger partial charge in [-0.1, -0.05) is 18.6 Å². The Kier molecular flexibility index (Phi) is 4.83. The van der Waals surface area contributed by atoms with E-state index in [2.05, 4.69) is 12.1 Å². The van der Waals surface area contributed by atoms with Gasteiger partial charge in [0.2, 0.25) is 0 Å². The Balaban J connectivity index is 1.64. The quantitative estimate of drug-likeness (QED) is 0.735. The lowest BCUT2D eigenvalue weighted by atomic mass is 10.1. The molecule has 3 heteroatoms. The Morgan fingerprint density at radius 3 is 2.53 bits per heavy atom. The van der Waals surface area contributed by atoms with Gasteiger partial charge in [-0.3, -0.25) is 0 Å². The van der Waals surface area contributed by atoms with Gasteiger partial charge in [0.1, 0.15) is 5.75 Å². The zero-order valence-electron chi connectivity index (χ0n) is 12.1. The van der Waals surface area contributed by atoms with Crippen LogP contribution in [0.1, 0.15) is 38.7 Å². The number of hydrogen-bond acceptors (Lipinski definition) is 3. The molecule has 0 unspecified atom stereocenters. The topological polar surface area (TPSA) is 27.7 Å². The average Bonchev–Trinajstić information content (AvgIpc) is 2.75. The molecule has 1 atom stereocenters. The maximum absolute atomic E-state index is 5.79. The molecule has 1 aromatic rings. The van der Waals surface area contributed by atoms with Crippen molar-refractivity contribution in [3.63, 3.8) is 0 Å². The van der Waals surface area contributed by atoms with Crippen LogP contribution in [0.4, 0.5) is 0 Å². The number of rotatable bonds is 6. The van der Waals surface area contributed by atoms with Crippen LogP contribution in [0.2, 0.25) is 0 Å². The summed E-state index contributed by atoms with van der Waals surface area (Å²) in [6.07, 6.45) is 4.83. The maximum Gasteiger partial charge on any atom is 0.163 e. The van der Waals surface area contributed by atoms with Gasteiger partial charge in [-0.2, -0.15) is 0 Å². The molecule has 0 N–H and O–H groups in total. The molecule has 19 heavy (non-hydrogen) atoms. The molecule has 106 valence electrons. The monoisotopic (exact) mass is 264 g/mol. The third-order valence-electron chi connectivity index (χ3n) is 3.47. The van der Waals surface area contributed by atoms with Crippen molar-refractivity contribution in [2.75, 3.05) is 13.7 Å². The highest BCUT2D eigenvalue weighted by Crippen LogP contribution is 2.25. The molecule has 2 rings (SSSR count). The fraction of sp³-hybridized carbons (Fsp3) is 0.625. The Morgan fingerprint density at radius 2 is 1.95 bits per heavy atom. The fourth-order valence-corrected chi connectivity index (χ4v) is 2.40. The molecule has 1 heterocycles. The molecule has 1 fully saturated rings. The minimum atomic E-state index is -0.388. The van der Waals surface area contributed by atoms with Gasteiger partial charge in [0.15, 0.2) is 5.79 Å². The third-order valence-corrected chi connectivity index (χ3v) is 3.47. The van der Waals surface area contributed by atoms with Gasteiger partial charge in [-0.25, -0.2) is 0 Å². The summed E-state index contributed by atoms with van der Waals surface area (Å²) in [6.45, 7) is 4.68. The van der Waals surface area contributed by atoms with Crippen LogP contribution in [0.5, 0.6) is 5.75 Å². The molecule has 1 aliphatic rings. The molecule has 0 spiro atoms. The summed E-state index contributed by atoms with van der Waals surface area (Å²) in [7, 11) is 1.69. The maximum atomic E-state index is 5.79. The Hall–Kier alpha value is -1.06. The zero-order chi connectivity index (χ0) is 13.7. The second kappa shape index (κ2) is 6.40. The van der Waals surface area contributed by atoms with E-state index in [0.29, 0.717) is 0 Å². The average molecular weight is 264 g/mol. The molecule has 0 bridgehead atoms. The molecule has 0 saturated carbocycles. The SMILES string of the molecule is COc1ccc(CCCC[C@H]2COC(C)(C)O2)cc1. The van der Waals surface area contributed by atoms with E-state index in [1.807, 2.05) is 26.0 Å². The second-order valence-electron chi connectivity index (χ2n) is 5.54. The van der Waals surface area contributed by atoms with Crippen LogP contribution < -0.4 is 4.74 Å². The minimum absolute atomic E-state index is 0.269. The first-order valence-electron chi connectivity index (χ1n) is 7.04. The van der Waals surface area contributed by atoms with Crippen molar-refractivity contribution in [2.45, 2.75) is 51.4 Å². The zero-order valence-corrected chi connectivity index (χ0v) is 12.1. The van der Waals surface area contributed by atoms with E-state index in [-0.39, 0.29) is 11.9 Å². The summed E-state index contributed by atoms with van der Waals surface area (Å²) < 4.78 is 16.5. The highest BCUT2D eigenvalue weighted by Gasteiger charge is 2.31. The molecule has 0 radical (unpaired) electrons. The highest BCUT2D eigenvalue weighted by atomic mass is 16.7. The molecule has 0 amide bonds. The number of unbranched alkanes of at least 4 members (excludes halogenated alkanes) is 1. The number of methoxy groups -OCH3 is 1. The van der Waals surface area contributed by atoms with Crippen LogP contribution in [0.25, 0.3) is 0 Å². The van der Waals surface area contributed by atoms with Gasteiger partial charge < -0.3 is 14.2 Å². The molecule has 1 aliphatic heterocycles. The van der Waals surface area contributed by atoms with Gasteiger partial charge in [0.05, 0.1) is 19.8 Å². The van der Waals surface area contributed by atoms with Crippen molar-refractivity contribution in [1.82, 2.24) is 0 Å². The van der Waals surface area contributed by atoms with Crippen LogP contribution in [0.3, 0.4) is 0 Å². The van der Waals surface area contributed by atoms with E-state index in [9.17, 15) is 0 Å². The standard InChI is InChI=1S/C16H24O3/c1-16(2)18-12-15(19-16)7-5-4-6-13-8-10-14(17-3)11-9-13/h8-11,15H,4-7,12H2,1-3H3/t15-/m0/s1. The summed E-state index contributed by atoms with van der Waals surface area (Å²) in [5.41, 5.74) is 1.37. The number of aryl methyl sites for hydroxylation is 1. The highest BCUT2D eigenvalue weighted by molar-refractivity contribution is 5.27. The number of benzene rings is 1. The van der Waals surface area contributed by atoms with Gasteiger partial charge in [0.25, 0.3) is 0 Å². The smallest absolute Gasteiger partial charge is 0.163 e. The lowest BCUT2D eigenvalue weighted by Crippen LogP contribution is -2.21. The predicted octanol–water partition coefficient (Wildman–Crippen LogP) is 3.56. The number of ether oxygens (including phenoxy) is 3. The third kappa shape index (κ3) is 4.51. The van der Waals surface area contributed by atoms with Gasteiger partial charge in [-0.15, -0.1) is 0 Å². The Labute approximate surface area is 115 Å². The first-order chi connectivity index (χ1) is 9.09. The van der Waals surface area contributed by atoms with Gasteiger partial charge in [0, 0.05) is 0 Å². The first-order valence-corrected chi connectivity index (χ1v) is 7.04. The molecule has 3 nitrogen and oxygen atoms in total. The van der Waals surface area contributed by atoms with E-state index >= 15 is 0 Å². The molecular formula is C16H24O3. The summed E-state index contributed by atoms with van der Waals surface area (Å²) in [6, 6.07) is 8.31. The first kappa shape index (κ1) is 14.4. The second-order valence-corrected chi connectivity index (χ2v) is 5.54. The van der Waals surface area contributed by atoms with Crippen LogP contribution in [-0.2, 0) is 15.9 Å². The predicted molar refractivity (Wildman–Crippen MR) is 75.5 cm³/mol. The Bertz CT molecular complexity index is 383. The number of hydrogen-bond donors (Lipinski definition) is 0. The molecule has 1 aromatic carbocycles. The summed E-state index contributed by atoms with van der Waals surface area (Å²) >= 11 is 0. The van der Waals surface area contributed by atoms with E-state index in [0.717, 1.165) is 25.2 Å². The van der Waals surface area contributed by atoms with E-state index in [1.54, 1.807) is 7.11 Å². The van der Waals surface area contributed by atoms with E-state index in [1.165, 1.54) is 18.4 Å². The fourth-order valence-electron chi connectivity index (χ4n) is 2.40. The van der Waals surface area contributed by atoms with Gasteiger partial charge in [-0.05, 0) is 50.8 Å².